The van der Waals surface area contributed by atoms with Gasteiger partial charge in [0.05, 0.1) is 0 Å². The van der Waals surface area contributed by atoms with E-state index in [4.69, 9.17) is 5.73 Å². The van der Waals surface area contributed by atoms with Gasteiger partial charge in [-0.05, 0) is 30.7 Å². The van der Waals surface area contributed by atoms with Crippen LogP contribution in [0.5, 0.6) is 5.75 Å². The molecule has 0 radical (unpaired) electrons. The number of nitrogens with zero attached hydrogens (tertiary/aromatic N) is 2. The lowest BCUT2D eigenvalue weighted by Crippen LogP contribution is -2.57. The van der Waals surface area contributed by atoms with Gasteiger partial charge in [0.2, 0.25) is 5.91 Å². The molecule has 1 aliphatic rings. The summed E-state index contributed by atoms with van der Waals surface area (Å²) in [4.78, 5) is 28.8. The van der Waals surface area contributed by atoms with Crippen LogP contribution in [0, 0.1) is 0 Å². The zero-order valence-corrected chi connectivity index (χ0v) is 14.8. The number of benzene rings is 2. The van der Waals surface area contributed by atoms with Crippen LogP contribution in [0.3, 0.4) is 0 Å². The van der Waals surface area contributed by atoms with Gasteiger partial charge in [0.1, 0.15) is 11.3 Å². The van der Waals surface area contributed by atoms with E-state index in [1.54, 1.807) is 28.9 Å². The summed E-state index contributed by atoms with van der Waals surface area (Å²) in [6, 6.07) is 15.6. The van der Waals surface area contributed by atoms with Gasteiger partial charge < -0.3 is 20.6 Å². The van der Waals surface area contributed by atoms with Gasteiger partial charge in [-0.25, -0.2) is 0 Å². The second-order valence-electron chi connectivity index (χ2n) is 6.70. The number of amides is 2. The maximum absolute atomic E-state index is 12.9. The van der Waals surface area contributed by atoms with Gasteiger partial charge in [0, 0.05) is 31.7 Å². The Morgan fingerprint density at radius 1 is 0.962 bits per heavy atom. The van der Waals surface area contributed by atoms with E-state index >= 15 is 0 Å². The molecule has 2 aromatic rings. The summed E-state index contributed by atoms with van der Waals surface area (Å²) in [7, 11) is 0. The molecule has 2 amide bonds. The fourth-order valence-electron chi connectivity index (χ4n) is 3.17. The number of carbonyl (C=O) groups is 2. The third-order valence-corrected chi connectivity index (χ3v) is 4.76. The lowest BCUT2D eigenvalue weighted by Gasteiger charge is -2.38. The number of rotatable bonds is 3. The molecule has 1 heterocycles. The Labute approximate surface area is 152 Å². The van der Waals surface area contributed by atoms with E-state index in [9.17, 15) is 14.7 Å². The van der Waals surface area contributed by atoms with Gasteiger partial charge in [0.25, 0.3) is 5.91 Å². The zero-order valence-electron chi connectivity index (χ0n) is 14.8. The molecular weight excluding hydrogens is 330 g/mol. The number of phenols is 1. The molecule has 0 aromatic heterocycles. The normalized spacial score (nSPS) is 16.8. The molecule has 3 N–H and O–H groups in total. The molecule has 136 valence electrons. The average molecular weight is 353 g/mol. The third kappa shape index (κ3) is 3.55. The van der Waals surface area contributed by atoms with E-state index in [0.29, 0.717) is 31.7 Å². The summed E-state index contributed by atoms with van der Waals surface area (Å²) in [6.45, 7) is 3.46. The van der Waals surface area contributed by atoms with Gasteiger partial charge in [-0.15, -0.1) is 0 Å². The first-order valence-corrected chi connectivity index (χ1v) is 8.61. The molecule has 6 heteroatoms. The molecule has 1 aliphatic heterocycles. The van der Waals surface area contributed by atoms with Crippen molar-refractivity contribution in [1.82, 2.24) is 9.80 Å². The number of piperazine rings is 1. The smallest absolute Gasteiger partial charge is 0.254 e. The first-order chi connectivity index (χ1) is 12.4. The number of carbonyl (C=O) groups excluding carboxylic acids is 2. The zero-order chi connectivity index (χ0) is 18.7. The molecule has 1 saturated heterocycles. The quantitative estimate of drug-likeness (QED) is 0.876. The molecule has 0 aliphatic carbocycles. The van der Waals surface area contributed by atoms with Crippen LogP contribution in [0.25, 0.3) is 0 Å². The van der Waals surface area contributed by atoms with Crippen molar-refractivity contribution in [1.29, 1.82) is 0 Å². The minimum atomic E-state index is -1.10. The van der Waals surface area contributed by atoms with E-state index in [1.807, 2.05) is 30.3 Å². The fourth-order valence-corrected chi connectivity index (χ4v) is 3.17. The Balaban J connectivity index is 1.65. The monoisotopic (exact) mass is 353 g/mol. The SMILES string of the molecule is CC(N)(C(=O)N1CCN(C(=O)c2cccc(O)c2)CC1)c1ccccc1. The molecule has 1 atom stereocenters. The third-order valence-electron chi connectivity index (χ3n) is 4.76. The van der Waals surface area contributed by atoms with Crippen molar-refractivity contribution in [3.63, 3.8) is 0 Å². The van der Waals surface area contributed by atoms with E-state index in [2.05, 4.69) is 0 Å². The highest BCUT2D eigenvalue weighted by molar-refractivity contribution is 5.95. The molecule has 1 fully saturated rings. The second kappa shape index (κ2) is 7.17. The molecule has 0 bridgehead atoms. The van der Waals surface area contributed by atoms with Crippen LogP contribution >= 0.6 is 0 Å². The Morgan fingerprint density at radius 3 is 2.19 bits per heavy atom. The van der Waals surface area contributed by atoms with Crippen LogP contribution in [0.2, 0.25) is 0 Å². The van der Waals surface area contributed by atoms with Gasteiger partial charge in [-0.2, -0.15) is 0 Å². The second-order valence-corrected chi connectivity index (χ2v) is 6.70. The highest BCUT2D eigenvalue weighted by Crippen LogP contribution is 2.22. The van der Waals surface area contributed by atoms with E-state index in [0.717, 1.165) is 5.56 Å². The summed E-state index contributed by atoms with van der Waals surface area (Å²) >= 11 is 0. The van der Waals surface area contributed by atoms with Crippen LogP contribution in [0.15, 0.2) is 54.6 Å². The van der Waals surface area contributed by atoms with E-state index < -0.39 is 5.54 Å². The maximum Gasteiger partial charge on any atom is 0.254 e. The van der Waals surface area contributed by atoms with Crippen LogP contribution in [-0.2, 0) is 10.3 Å². The summed E-state index contributed by atoms with van der Waals surface area (Å²) < 4.78 is 0. The van der Waals surface area contributed by atoms with Crippen LogP contribution < -0.4 is 5.73 Å². The van der Waals surface area contributed by atoms with Crippen LogP contribution in [0.1, 0.15) is 22.8 Å². The van der Waals surface area contributed by atoms with E-state index in [1.165, 1.54) is 12.1 Å². The lowest BCUT2D eigenvalue weighted by atomic mass is 9.91. The van der Waals surface area contributed by atoms with Crippen molar-refractivity contribution in [2.75, 3.05) is 26.2 Å². The number of phenolic OH excluding ortho intramolecular Hbond substituents is 1. The predicted octanol–water partition coefficient (Wildman–Crippen LogP) is 1.55. The van der Waals surface area contributed by atoms with Gasteiger partial charge in [-0.3, -0.25) is 9.59 Å². The minimum Gasteiger partial charge on any atom is -0.508 e. The van der Waals surface area contributed by atoms with Crippen molar-refractivity contribution in [3.05, 3.63) is 65.7 Å². The van der Waals surface area contributed by atoms with Crippen molar-refractivity contribution < 1.29 is 14.7 Å². The Hall–Kier alpha value is -2.86. The summed E-state index contributed by atoms with van der Waals surface area (Å²) in [5.41, 5.74) is 6.43. The first-order valence-electron chi connectivity index (χ1n) is 8.61. The fraction of sp³-hybridized carbons (Fsp3) is 0.300. The van der Waals surface area contributed by atoms with E-state index in [-0.39, 0.29) is 17.6 Å². The van der Waals surface area contributed by atoms with Crippen molar-refractivity contribution >= 4 is 11.8 Å². The molecule has 1 unspecified atom stereocenters. The van der Waals surface area contributed by atoms with Crippen LogP contribution in [-0.4, -0.2) is 52.9 Å². The van der Waals surface area contributed by atoms with Gasteiger partial charge in [0.15, 0.2) is 0 Å². The highest BCUT2D eigenvalue weighted by atomic mass is 16.3. The summed E-state index contributed by atoms with van der Waals surface area (Å²) in [5, 5.41) is 9.54. The maximum atomic E-state index is 12.9. The topological polar surface area (TPSA) is 86.9 Å². The minimum absolute atomic E-state index is 0.0615. The Morgan fingerprint density at radius 2 is 1.58 bits per heavy atom. The first kappa shape index (κ1) is 17.9. The number of hydrogen-bond acceptors (Lipinski definition) is 4. The molecule has 26 heavy (non-hydrogen) atoms. The molecule has 0 saturated carbocycles. The number of nitrogens with two attached hydrogens (primary N) is 1. The van der Waals surface area contributed by atoms with Crippen molar-refractivity contribution in [2.24, 2.45) is 5.73 Å². The molecule has 2 aromatic carbocycles. The largest absolute Gasteiger partial charge is 0.508 e. The molecule has 0 spiro atoms. The Bertz CT molecular complexity index is 797. The molecule has 3 rings (SSSR count). The summed E-state index contributed by atoms with van der Waals surface area (Å²) in [6.07, 6.45) is 0. The van der Waals surface area contributed by atoms with Crippen molar-refractivity contribution in [2.45, 2.75) is 12.5 Å². The lowest BCUT2D eigenvalue weighted by molar-refractivity contribution is -0.138. The predicted molar refractivity (Wildman–Crippen MR) is 98.6 cm³/mol. The molecule has 6 nitrogen and oxygen atoms in total. The number of hydrogen-bond donors (Lipinski definition) is 2. The standard InChI is InChI=1S/C20H23N3O3/c1-20(21,16-7-3-2-4-8-16)19(26)23-12-10-22(11-13-23)18(25)15-6-5-9-17(24)14-15/h2-9,14,24H,10-13,21H2,1H3. The molecular formula is C20H23N3O3. The van der Waals surface area contributed by atoms with Crippen molar-refractivity contribution in [3.8, 4) is 5.75 Å². The Kier molecular flexibility index (Phi) is 4.95. The van der Waals surface area contributed by atoms with Gasteiger partial charge in [-0.1, -0.05) is 36.4 Å². The van der Waals surface area contributed by atoms with Gasteiger partial charge >= 0.3 is 0 Å². The highest BCUT2D eigenvalue weighted by Gasteiger charge is 2.36. The average Bonchev–Trinajstić information content (AvgIpc) is 2.67. The summed E-state index contributed by atoms with van der Waals surface area (Å²) in [5.74, 6) is -0.230. The van der Waals surface area contributed by atoms with Crippen LogP contribution in [0.4, 0.5) is 0 Å². The number of aromatic hydroxyl groups is 1.